The number of fused-ring (bicyclic) bond motifs is 1. The molecule has 146 valence electrons. The lowest BCUT2D eigenvalue weighted by atomic mass is 10.2. The highest BCUT2D eigenvalue weighted by Gasteiger charge is 2.14. The number of hydrogen-bond donors (Lipinski definition) is 3. The van der Waals surface area contributed by atoms with E-state index >= 15 is 0 Å². The van der Waals surface area contributed by atoms with Crippen LogP contribution in [0.4, 0.5) is 17.5 Å². The van der Waals surface area contributed by atoms with Crippen LogP contribution in [0, 0.1) is 0 Å². The molecule has 0 aliphatic rings. The first kappa shape index (κ1) is 19.3. The fourth-order valence-electron chi connectivity index (χ4n) is 2.77. The molecule has 3 N–H and O–H groups in total. The second-order valence-electron chi connectivity index (χ2n) is 6.54. The van der Waals surface area contributed by atoms with E-state index in [1.54, 1.807) is 36.9 Å². The highest BCUT2D eigenvalue weighted by atomic mass is 16.2. The number of amides is 1. The van der Waals surface area contributed by atoms with Crippen LogP contribution in [0.25, 0.3) is 10.8 Å². The predicted molar refractivity (Wildman–Crippen MR) is 109 cm³/mol. The number of carbonyl (C=O) groups excluding carboxylic acids is 1. The number of carbonyl (C=O) groups is 1. The van der Waals surface area contributed by atoms with Crippen LogP contribution in [0.3, 0.4) is 0 Å². The summed E-state index contributed by atoms with van der Waals surface area (Å²) in [7, 11) is 0. The Morgan fingerprint density at radius 2 is 2.07 bits per heavy atom. The van der Waals surface area contributed by atoms with E-state index in [0.717, 1.165) is 0 Å². The molecular formula is C19H23N7O2. The quantitative estimate of drug-likeness (QED) is 0.572. The van der Waals surface area contributed by atoms with Crippen molar-refractivity contribution in [2.24, 2.45) is 0 Å². The highest BCUT2D eigenvalue weighted by molar-refractivity contribution is 5.93. The lowest BCUT2D eigenvalue weighted by molar-refractivity contribution is -0.121. The summed E-state index contributed by atoms with van der Waals surface area (Å²) in [4.78, 5) is 37.7. The van der Waals surface area contributed by atoms with Crippen LogP contribution in [0.1, 0.15) is 20.8 Å². The van der Waals surface area contributed by atoms with Crippen LogP contribution in [0.15, 0.2) is 41.7 Å². The minimum absolute atomic E-state index is 0.0384. The lowest BCUT2D eigenvalue weighted by Gasteiger charge is -2.15. The second-order valence-corrected chi connectivity index (χ2v) is 6.54. The molecule has 0 spiro atoms. The number of rotatable bonds is 7. The molecule has 0 aliphatic carbocycles. The van der Waals surface area contributed by atoms with E-state index in [0.29, 0.717) is 34.8 Å². The summed E-state index contributed by atoms with van der Waals surface area (Å²) in [5.74, 6) is 1.33. The van der Waals surface area contributed by atoms with Crippen LogP contribution < -0.4 is 21.5 Å². The van der Waals surface area contributed by atoms with Gasteiger partial charge in [-0.2, -0.15) is 0 Å². The number of pyridine rings is 2. The summed E-state index contributed by atoms with van der Waals surface area (Å²) in [5, 5.41) is 10.2. The molecule has 1 amide bonds. The summed E-state index contributed by atoms with van der Waals surface area (Å²) in [6.07, 6.45) is 6.37. The predicted octanol–water partition coefficient (Wildman–Crippen LogP) is 1.89. The maximum atomic E-state index is 13.0. The van der Waals surface area contributed by atoms with Gasteiger partial charge in [-0.05, 0) is 38.3 Å². The molecule has 0 aliphatic heterocycles. The first-order valence-corrected chi connectivity index (χ1v) is 9.08. The molecule has 0 saturated heterocycles. The number of aromatic nitrogens is 4. The molecule has 0 bridgehead atoms. The molecule has 3 aromatic rings. The number of nitrogens with one attached hydrogen (secondary N) is 3. The first-order valence-electron chi connectivity index (χ1n) is 9.08. The molecule has 0 fully saturated rings. The van der Waals surface area contributed by atoms with Crippen molar-refractivity contribution in [1.82, 2.24) is 24.8 Å². The minimum atomic E-state index is -0.273. The van der Waals surface area contributed by atoms with E-state index in [1.807, 2.05) is 20.8 Å². The van der Waals surface area contributed by atoms with Crippen molar-refractivity contribution in [1.29, 1.82) is 0 Å². The Morgan fingerprint density at radius 3 is 2.75 bits per heavy atom. The molecule has 0 radical (unpaired) electrons. The van der Waals surface area contributed by atoms with E-state index in [2.05, 4.69) is 30.9 Å². The van der Waals surface area contributed by atoms with Crippen LogP contribution >= 0.6 is 0 Å². The number of anilines is 3. The van der Waals surface area contributed by atoms with E-state index in [-0.39, 0.29) is 24.1 Å². The summed E-state index contributed by atoms with van der Waals surface area (Å²) in [6.45, 7) is 6.24. The fourth-order valence-corrected chi connectivity index (χ4v) is 2.77. The van der Waals surface area contributed by atoms with Gasteiger partial charge in [0.05, 0.1) is 11.6 Å². The Hall–Kier alpha value is -3.49. The summed E-state index contributed by atoms with van der Waals surface area (Å²) in [5.41, 5.74) is -0.273. The van der Waals surface area contributed by atoms with Gasteiger partial charge in [0, 0.05) is 31.2 Å². The maximum Gasteiger partial charge on any atom is 0.262 e. The number of likely N-dealkylation sites (N-methyl/N-ethyl adjacent to an activating group) is 1. The van der Waals surface area contributed by atoms with Crippen LogP contribution in [-0.2, 0) is 11.3 Å². The molecule has 0 saturated carbocycles. The van der Waals surface area contributed by atoms with Gasteiger partial charge in [0.2, 0.25) is 5.91 Å². The number of nitrogens with zero attached hydrogens (tertiary/aromatic N) is 4. The Kier molecular flexibility index (Phi) is 5.83. The Morgan fingerprint density at radius 1 is 1.25 bits per heavy atom. The monoisotopic (exact) mass is 381 g/mol. The van der Waals surface area contributed by atoms with E-state index in [9.17, 15) is 9.59 Å². The largest absolute Gasteiger partial charge is 0.367 e. The van der Waals surface area contributed by atoms with Gasteiger partial charge >= 0.3 is 0 Å². The van der Waals surface area contributed by atoms with E-state index < -0.39 is 0 Å². The Bertz CT molecular complexity index is 1030. The third-order valence-electron chi connectivity index (χ3n) is 3.89. The second kappa shape index (κ2) is 8.47. The van der Waals surface area contributed by atoms with Gasteiger partial charge in [0.1, 0.15) is 24.0 Å². The van der Waals surface area contributed by atoms with E-state index in [1.165, 1.54) is 4.57 Å². The molecule has 0 atom stereocenters. The van der Waals surface area contributed by atoms with Crippen molar-refractivity contribution in [3.63, 3.8) is 0 Å². The van der Waals surface area contributed by atoms with Crippen LogP contribution in [-0.4, -0.2) is 38.0 Å². The van der Waals surface area contributed by atoms with Crippen molar-refractivity contribution in [3.05, 3.63) is 47.3 Å². The van der Waals surface area contributed by atoms with Crippen molar-refractivity contribution in [2.75, 3.05) is 17.2 Å². The molecule has 0 unspecified atom stereocenters. The molecule has 0 aromatic carbocycles. The van der Waals surface area contributed by atoms with Crippen molar-refractivity contribution in [3.8, 4) is 0 Å². The molecule has 28 heavy (non-hydrogen) atoms. The highest BCUT2D eigenvalue weighted by Crippen LogP contribution is 2.24. The van der Waals surface area contributed by atoms with Gasteiger partial charge in [0.15, 0.2) is 0 Å². The average molecular weight is 381 g/mol. The molecule has 3 heterocycles. The normalized spacial score (nSPS) is 10.9. The maximum absolute atomic E-state index is 13.0. The SMILES string of the molecule is CCNC(=O)Cn1ccc2cc(Nc3cnccn3)nc(NC(C)C)c2c1=O. The molecule has 9 nitrogen and oxygen atoms in total. The Labute approximate surface area is 162 Å². The zero-order valence-electron chi connectivity index (χ0n) is 16.1. The van der Waals surface area contributed by atoms with Crippen LogP contribution in [0.2, 0.25) is 0 Å². The zero-order valence-corrected chi connectivity index (χ0v) is 16.1. The summed E-state index contributed by atoms with van der Waals surface area (Å²) in [6, 6.07) is 3.64. The van der Waals surface area contributed by atoms with Crippen LogP contribution in [0.5, 0.6) is 0 Å². The minimum Gasteiger partial charge on any atom is -0.367 e. The van der Waals surface area contributed by atoms with Gasteiger partial charge in [-0.25, -0.2) is 9.97 Å². The smallest absolute Gasteiger partial charge is 0.262 e. The molecular weight excluding hydrogens is 358 g/mol. The van der Waals surface area contributed by atoms with Gasteiger partial charge in [-0.3, -0.25) is 14.6 Å². The Balaban J connectivity index is 2.06. The summed E-state index contributed by atoms with van der Waals surface area (Å²) >= 11 is 0. The number of hydrogen-bond acceptors (Lipinski definition) is 7. The topological polar surface area (TPSA) is 114 Å². The lowest BCUT2D eigenvalue weighted by Crippen LogP contribution is -2.32. The first-order chi connectivity index (χ1) is 13.5. The standard InChI is InChI=1S/C19H23N7O2/c1-4-21-16(27)11-26-8-5-13-9-14(24-15-10-20-6-7-22-15)25-18(23-12(2)3)17(13)19(26)28/h5-10,12H,4,11H2,1-3H3,(H,21,27)(H2,22,23,24,25). The fraction of sp³-hybridized carbons (Fsp3) is 0.316. The molecule has 3 aromatic heterocycles. The van der Waals surface area contributed by atoms with Crippen molar-refractivity contribution >= 4 is 34.1 Å². The summed E-state index contributed by atoms with van der Waals surface area (Å²) < 4.78 is 1.39. The van der Waals surface area contributed by atoms with Crippen molar-refractivity contribution < 1.29 is 4.79 Å². The molecule has 9 heteroatoms. The van der Waals surface area contributed by atoms with E-state index in [4.69, 9.17) is 0 Å². The van der Waals surface area contributed by atoms with Gasteiger partial charge in [-0.1, -0.05) is 0 Å². The third kappa shape index (κ3) is 4.43. The van der Waals surface area contributed by atoms with Crippen molar-refractivity contribution in [2.45, 2.75) is 33.4 Å². The molecule has 3 rings (SSSR count). The average Bonchev–Trinajstić information content (AvgIpc) is 2.64. The van der Waals surface area contributed by atoms with Gasteiger partial charge < -0.3 is 20.5 Å². The third-order valence-corrected chi connectivity index (χ3v) is 3.89. The van der Waals surface area contributed by atoms with Gasteiger partial charge in [0.25, 0.3) is 5.56 Å². The van der Waals surface area contributed by atoms with Gasteiger partial charge in [-0.15, -0.1) is 0 Å². The zero-order chi connectivity index (χ0) is 20.1.